The molecule has 2 nitrogen and oxygen atoms in total. The van der Waals surface area contributed by atoms with Gasteiger partial charge in [0.05, 0.1) is 0 Å². The summed E-state index contributed by atoms with van der Waals surface area (Å²) in [5.74, 6) is -0.0579. The monoisotopic (exact) mass is 158 g/mol. The largest absolute Gasteiger partial charge is 0.481 e. The minimum absolute atomic E-state index is 0.775. The van der Waals surface area contributed by atoms with Crippen molar-refractivity contribution in [3.63, 3.8) is 0 Å². The molecule has 0 aliphatic rings. The van der Waals surface area contributed by atoms with Crippen LogP contribution >= 0.6 is 0 Å². The highest BCUT2D eigenvalue weighted by Gasteiger charge is 1.90. The van der Waals surface area contributed by atoms with E-state index < -0.39 is 5.97 Å². The fourth-order valence-electron chi connectivity index (χ4n) is 0.697. The number of carbonyl (C=O) groups is 1. The number of carboxylic acids is 1. The third kappa shape index (κ3) is 46.5. The normalized spacial score (nSPS) is 8.45. The van der Waals surface area contributed by atoms with Crippen LogP contribution in [0.2, 0.25) is 0 Å². The highest BCUT2D eigenvalue weighted by atomic mass is 16.4. The maximum Gasteiger partial charge on any atom is 0.300 e. The third-order valence-corrected chi connectivity index (χ3v) is 0.757. The summed E-state index contributed by atoms with van der Waals surface area (Å²) in [5.41, 5.74) is 1.29. The highest BCUT2D eigenvalue weighted by Crippen LogP contribution is 2.05. The van der Waals surface area contributed by atoms with Crippen molar-refractivity contribution in [1.82, 2.24) is 0 Å². The molecule has 0 aliphatic heterocycles. The molecule has 0 spiro atoms. The van der Waals surface area contributed by atoms with E-state index in [9.17, 15) is 0 Å². The van der Waals surface area contributed by atoms with Gasteiger partial charge in [-0.15, -0.1) is 6.58 Å². The molecule has 2 heteroatoms. The van der Waals surface area contributed by atoms with Crippen molar-refractivity contribution >= 4 is 5.97 Å². The van der Waals surface area contributed by atoms with Crippen LogP contribution in [0.5, 0.6) is 0 Å². The molecular formula is C9H18O2. The van der Waals surface area contributed by atoms with E-state index in [1.54, 1.807) is 0 Å². The predicted octanol–water partition coefficient (Wildman–Crippen LogP) is 2.70. The van der Waals surface area contributed by atoms with Gasteiger partial charge >= 0.3 is 0 Å². The molecule has 0 aromatic rings. The molecule has 0 aromatic carbocycles. The molecule has 66 valence electrons. The van der Waals surface area contributed by atoms with Gasteiger partial charge in [0.15, 0.2) is 0 Å². The van der Waals surface area contributed by atoms with Gasteiger partial charge in [-0.05, 0) is 19.3 Å². The Morgan fingerprint density at radius 3 is 1.73 bits per heavy atom. The Morgan fingerprint density at radius 1 is 1.45 bits per heavy atom. The first-order valence-corrected chi connectivity index (χ1v) is 3.70. The van der Waals surface area contributed by atoms with Gasteiger partial charge in [-0.2, -0.15) is 0 Å². The molecule has 0 heterocycles. The average Bonchev–Trinajstić information content (AvgIpc) is 1.56. The lowest BCUT2D eigenvalue weighted by molar-refractivity contribution is -0.134. The summed E-state index contributed by atoms with van der Waals surface area (Å²) < 4.78 is 0. The summed E-state index contributed by atoms with van der Waals surface area (Å²) in [5, 5.41) is 7.42. The van der Waals surface area contributed by atoms with Gasteiger partial charge in [0, 0.05) is 6.92 Å². The van der Waals surface area contributed by atoms with Crippen LogP contribution in [0.25, 0.3) is 0 Å². The highest BCUT2D eigenvalue weighted by molar-refractivity contribution is 5.62. The van der Waals surface area contributed by atoms with E-state index in [4.69, 9.17) is 9.90 Å². The van der Waals surface area contributed by atoms with Crippen LogP contribution < -0.4 is 0 Å². The molecule has 0 aliphatic carbocycles. The topological polar surface area (TPSA) is 37.3 Å². The first-order chi connectivity index (χ1) is 4.86. The lowest BCUT2D eigenvalue weighted by Crippen LogP contribution is -1.84. The lowest BCUT2D eigenvalue weighted by Gasteiger charge is -1.99. The Balaban J connectivity index is 0. The standard InChI is InChI=1S/C7H14.C2H4O2/c1-6(2)5-7(3)4;1-2(3)4/h7H,1,5H2,2-4H3;1H3,(H,3,4). The summed E-state index contributed by atoms with van der Waals surface area (Å²) in [6, 6.07) is 0. The molecule has 11 heavy (non-hydrogen) atoms. The summed E-state index contributed by atoms with van der Waals surface area (Å²) in [7, 11) is 0. The fraction of sp³-hybridized carbons (Fsp3) is 0.667. The zero-order valence-electron chi connectivity index (χ0n) is 7.85. The Morgan fingerprint density at radius 2 is 1.73 bits per heavy atom. The Bertz CT molecular complexity index is 122. The fourth-order valence-corrected chi connectivity index (χ4v) is 0.697. The summed E-state index contributed by atoms with van der Waals surface area (Å²) >= 11 is 0. The van der Waals surface area contributed by atoms with Crippen LogP contribution in [-0.4, -0.2) is 11.1 Å². The molecule has 1 N–H and O–H groups in total. The number of allylic oxidation sites excluding steroid dienone is 1. The molecule has 0 saturated heterocycles. The molecule has 0 atom stereocenters. The Kier molecular flexibility index (Phi) is 8.55. The van der Waals surface area contributed by atoms with E-state index >= 15 is 0 Å². The van der Waals surface area contributed by atoms with Gasteiger partial charge in [0.1, 0.15) is 0 Å². The second-order valence-corrected chi connectivity index (χ2v) is 3.07. The number of hydrogen-bond donors (Lipinski definition) is 1. The van der Waals surface area contributed by atoms with Gasteiger partial charge < -0.3 is 5.11 Å². The van der Waals surface area contributed by atoms with E-state index in [0.717, 1.165) is 12.8 Å². The number of aliphatic carboxylic acids is 1. The van der Waals surface area contributed by atoms with Gasteiger partial charge in [0.25, 0.3) is 5.97 Å². The first-order valence-electron chi connectivity index (χ1n) is 3.70. The van der Waals surface area contributed by atoms with Gasteiger partial charge in [-0.1, -0.05) is 19.4 Å². The van der Waals surface area contributed by atoms with E-state index in [-0.39, 0.29) is 0 Å². The van der Waals surface area contributed by atoms with E-state index in [1.165, 1.54) is 12.0 Å². The molecule has 0 bridgehead atoms. The summed E-state index contributed by atoms with van der Waals surface area (Å²) in [6.07, 6.45) is 1.17. The van der Waals surface area contributed by atoms with Gasteiger partial charge in [0.2, 0.25) is 0 Å². The molecule has 0 amide bonds. The summed E-state index contributed by atoms with van der Waals surface area (Å²) in [4.78, 5) is 9.00. The molecule has 0 fully saturated rings. The maximum absolute atomic E-state index is 9.00. The molecule has 0 rings (SSSR count). The smallest absolute Gasteiger partial charge is 0.300 e. The second-order valence-electron chi connectivity index (χ2n) is 3.07. The zero-order valence-corrected chi connectivity index (χ0v) is 7.85. The van der Waals surface area contributed by atoms with Crippen LogP contribution in [0.15, 0.2) is 12.2 Å². The first kappa shape index (κ1) is 12.8. The second kappa shape index (κ2) is 7.32. The zero-order chi connectivity index (χ0) is 9.44. The molecular weight excluding hydrogens is 140 g/mol. The third-order valence-electron chi connectivity index (χ3n) is 0.757. The molecule has 0 unspecified atom stereocenters. The van der Waals surface area contributed by atoms with Crippen LogP contribution in [0.4, 0.5) is 0 Å². The minimum Gasteiger partial charge on any atom is -0.481 e. The number of hydrogen-bond acceptors (Lipinski definition) is 1. The Hall–Kier alpha value is -0.790. The van der Waals surface area contributed by atoms with Crippen molar-refractivity contribution < 1.29 is 9.90 Å². The van der Waals surface area contributed by atoms with Crippen LogP contribution in [0, 0.1) is 5.92 Å². The molecule has 0 radical (unpaired) electrons. The van der Waals surface area contributed by atoms with Crippen LogP contribution in [-0.2, 0) is 4.79 Å². The van der Waals surface area contributed by atoms with Crippen molar-refractivity contribution in [3.05, 3.63) is 12.2 Å². The van der Waals surface area contributed by atoms with E-state index in [1.807, 2.05) is 0 Å². The predicted molar refractivity (Wildman–Crippen MR) is 47.6 cm³/mol. The van der Waals surface area contributed by atoms with Crippen molar-refractivity contribution in [2.75, 3.05) is 0 Å². The van der Waals surface area contributed by atoms with E-state index in [0.29, 0.717) is 0 Å². The SMILES string of the molecule is C=C(C)CC(C)C.CC(=O)O. The molecule has 0 aromatic heterocycles. The summed E-state index contributed by atoms with van der Waals surface area (Å²) in [6.45, 7) is 11.4. The van der Waals surface area contributed by atoms with Crippen molar-refractivity contribution in [3.8, 4) is 0 Å². The number of rotatable bonds is 2. The van der Waals surface area contributed by atoms with E-state index in [2.05, 4.69) is 27.4 Å². The van der Waals surface area contributed by atoms with Crippen LogP contribution in [0.1, 0.15) is 34.1 Å². The number of carboxylic acid groups (broad SMARTS) is 1. The average molecular weight is 158 g/mol. The quantitative estimate of drug-likeness (QED) is 0.627. The Labute approximate surface area is 68.9 Å². The lowest BCUT2D eigenvalue weighted by atomic mass is 10.1. The maximum atomic E-state index is 9.00. The van der Waals surface area contributed by atoms with Crippen molar-refractivity contribution in [2.45, 2.75) is 34.1 Å². The molecule has 0 saturated carbocycles. The minimum atomic E-state index is -0.833. The van der Waals surface area contributed by atoms with Gasteiger partial charge in [-0.3, -0.25) is 4.79 Å². The van der Waals surface area contributed by atoms with Crippen molar-refractivity contribution in [2.24, 2.45) is 5.92 Å². The van der Waals surface area contributed by atoms with Gasteiger partial charge in [-0.25, -0.2) is 0 Å². The van der Waals surface area contributed by atoms with Crippen molar-refractivity contribution in [1.29, 1.82) is 0 Å². The van der Waals surface area contributed by atoms with Crippen LogP contribution in [0.3, 0.4) is 0 Å².